The summed E-state index contributed by atoms with van der Waals surface area (Å²) in [7, 11) is 6.96. The van der Waals surface area contributed by atoms with Gasteiger partial charge in [-0.05, 0) is 49.8 Å². The van der Waals surface area contributed by atoms with Crippen molar-refractivity contribution in [3.05, 3.63) is 71.9 Å². The van der Waals surface area contributed by atoms with Crippen molar-refractivity contribution in [2.75, 3.05) is 41.4 Å². The number of carboxylic acids is 1. The van der Waals surface area contributed by atoms with Crippen LogP contribution in [0, 0.1) is 0 Å². The number of nitrogens with one attached hydrogen (secondary N) is 1. The van der Waals surface area contributed by atoms with E-state index in [1.807, 2.05) is 43.3 Å². The second-order valence-electron chi connectivity index (χ2n) is 8.41. The molecule has 3 aromatic carbocycles. The summed E-state index contributed by atoms with van der Waals surface area (Å²) in [4.78, 5) is 26.9. The Morgan fingerprint density at radius 3 is 2.25 bits per heavy atom. The number of carboxylic acid groups (broad SMARTS) is 1. The molecule has 9 nitrogen and oxygen atoms in total. The van der Waals surface area contributed by atoms with Gasteiger partial charge in [0.1, 0.15) is 11.5 Å². The van der Waals surface area contributed by atoms with Gasteiger partial charge in [-0.25, -0.2) is 9.48 Å². The highest BCUT2D eigenvalue weighted by Crippen LogP contribution is 2.40. The van der Waals surface area contributed by atoms with Crippen molar-refractivity contribution in [1.82, 2.24) is 20.0 Å². The molecule has 0 saturated heterocycles. The van der Waals surface area contributed by atoms with Crippen LogP contribution in [0.2, 0.25) is 0 Å². The average Bonchev–Trinajstić information content (AvgIpc) is 3.32. The van der Waals surface area contributed by atoms with Crippen LogP contribution in [0.25, 0.3) is 27.7 Å². The lowest BCUT2D eigenvalue weighted by Gasteiger charge is -2.17. The topological polar surface area (TPSA) is 106 Å². The summed E-state index contributed by atoms with van der Waals surface area (Å²) in [5.74, 6) is -0.328. The van der Waals surface area contributed by atoms with Crippen LogP contribution in [0.15, 0.2) is 60.7 Å². The van der Waals surface area contributed by atoms with Gasteiger partial charge in [0.25, 0.3) is 5.91 Å². The second-order valence-corrected chi connectivity index (χ2v) is 8.41. The van der Waals surface area contributed by atoms with Crippen molar-refractivity contribution >= 4 is 22.6 Å². The van der Waals surface area contributed by atoms with E-state index in [4.69, 9.17) is 9.47 Å². The van der Waals surface area contributed by atoms with E-state index in [1.165, 1.54) is 20.3 Å². The first-order valence-corrected chi connectivity index (χ1v) is 11.4. The standard InChI is InChI=1S/C27H28N4O5/c1-30(2)15-14-28-26(32)19-12-13-21(18-9-6-5-8-17(18)19)31-22(16-20(29-31)27(33)34)25-23(35-3)10-7-11-24(25)36-4/h5-13,16H,14-15H2,1-4H3,(H,28,32)(H,33,34). The minimum absolute atomic E-state index is 0.132. The van der Waals surface area contributed by atoms with Crippen molar-refractivity contribution in [2.45, 2.75) is 0 Å². The Labute approximate surface area is 208 Å². The molecule has 1 heterocycles. The maximum atomic E-state index is 13.0. The van der Waals surface area contributed by atoms with E-state index < -0.39 is 5.97 Å². The molecule has 0 fully saturated rings. The maximum Gasteiger partial charge on any atom is 0.356 e. The summed E-state index contributed by atoms with van der Waals surface area (Å²) < 4.78 is 12.7. The number of rotatable bonds is 9. The highest BCUT2D eigenvalue weighted by molar-refractivity contribution is 6.09. The number of methoxy groups -OCH3 is 2. The molecule has 0 bridgehead atoms. The van der Waals surface area contributed by atoms with Crippen LogP contribution in [0.3, 0.4) is 0 Å². The van der Waals surface area contributed by atoms with Crippen LogP contribution in [0.4, 0.5) is 0 Å². The first kappa shape index (κ1) is 24.7. The Balaban J connectivity index is 1.91. The molecule has 186 valence electrons. The molecule has 0 aliphatic rings. The zero-order valence-electron chi connectivity index (χ0n) is 20.6. The highest BCUT2D eigenvalue weighted by Gasteiger charge is 2.23. The number of aromatic carboxylic acids is 1. The van der Waals surface area contributed by atoms with Crippen LogP contribution in [-0.4, -0.2) is 73.1 Å². The average molecular weight is 489 g/mol. The van der Waals surface area contributed by atoms with Crippen LogP contribution >= 0.6 is 0 Å². The van der Waals surface area contributed by atoms with Crippen molar-refractivity contribution in [1.29, 1.82) is 0 Å². The fourth-order valence-electron chi connectivity index (χ4n) is 4.11. The number of ether oxygens (including phenoxy) is 2. The summed E-state index contributed by atoms with van der Waals surface area (Å²) >= 11 is 0. The van der Waals surface area contributed by atoms with E-state index in [9.17, 15) is 14.7 Å². The van der Waals surface area contributed by atoms with Gasteiger partial charge in [0.2, 0.25) is 0 Å². The number of hydrogen-bond donors (Lipinski definition) is 2. The number of carbonyl (C=O) groups excluding carboxylic acids is 1. The molecule has 4 aromatic rings. The summed E-state index contributed by atoms with van der Waals surface area (Å²) in [6.45, 7) is 1.23. The number of hydrogen-bond acceptors (Lipinski definition) is 6. The van der Waals surface area contributed by atoms with Gasteiger partial charge in [0, 0.05) is 24.0 Å². The van der Waals surface area contributed by atoms with E-state index in [2.05, 4.69) is 10.4 Å². The molecule has 0 saturated carbocycles. The molecule has 0 aliphatic carbocycles. The molecule has 0 atom stereocenters. The minimum Gasteiger partial charge on any atom is -0.496 e. The Bertz CT molecular complexity index is 1400. The van der Waals surface area contributed by atoms with Gasteiger partial charge in [-0.1, -0.05) is 30.3 Å². The first-order chi connectivity index (χ1) is 17.3. The molecular weight excluding hydrogens is 460 g/mol. The summed E-state index contributed by atoms with van der Waals surface area (Å²) in [6, 6.07) is 17.8. The van der Waals surface area contributed by atoms with Gasteiger partial charge in [-0.3, -0.25) is 4.79 Å². The number of carbonyl (C=O) groups is 2. The molecule has 0 unspecified atom stereocenters. The number of benzene rings is 3. The molecule has 36 heavy (non-hydrogen) atoms. The zero-order valence-corrected chi connectivity index (χ0v) is 20.6. The highest BCUT2D eigenvalue weighted by atomic mass is 16.5. The molecule has 1 amide bonds. The van der Waals surface area contributed by atoms with Crippen molar-refractivity contribution < 1.29 is 24.2 Å². The van der Waals surface area contributed by atoms with Crippen LogP contribution < -0.4 is 14.8 Å². The Morgan fingerprint density at radius 1 is 0.972 bits per heavy atom. The van der Waals surface area contributed by atoms with E-state index >= 15 is 0 Å². The first-order valence-electron chi connectivity index (χ1n) is 11.4. The van der Waals surface area contributed by atoms with Gasteiger partial charge in [-0.15, -0.1) is 0 Å². The molecule has 0 spiro atoms. The smallest absolute Gasteiger partial charge is 0.356 e. The van der Waals surface area contributed by atoms with Crippen molar-refractivity contribution in [3.63, 3.8) is 0 Å². The lowest BCUT2D eigenvalue weighted by molar-refractivity contribution is 0.0689. The number of likely N-dealkylation sites (N-methyl/N-ethyl adjacent to an activating group) is 1. The van der Waals surface area contributed by atoms with Crippen LogP contribution in [0.5, 0.6) is 11.5 Å². The van der Waals surface area contributed by atoms with E-state index in [1.54, 1.807) is 35.0 Å². The Morgan fingerprint density at radius 2 is 1.64 bits per heavy atom. The normalized spacial score (nSPS) is 11.0. The number of amides is 1. The number of aromatic nitrogens is 2. The molecule has 1 aromatic heterocycles. The van der Waals surface area contributed by atoms with E-state index in [0.717, 1.165) is 17.3 Å². The Kier molecular flexibility index (Phi) is 7.21. The molecule has 0 radical (unpaired) electrons. The molecule has 2 N–H and O–H groups in total. The third-order valence-electron chi connectivity index (χ3n) is 5.83. The second kappa shape index (κ2) is 10.5. The van der Waals surface area contributed by atoms with Crippen LogP contribution in [-0.2, 0) is 0 Å². The van der Waals surface area contributed by atoms with Gasteiger partial charge in [0.15, 0.2) is 5.69 Å². The van der Waals surface area contributed by atoms with Gasteiger partial charge >= 0.3 is 5.97 Å². The summed E-state index contributed by atoms with van der Waals surface area (Å²) in [5.41, 5.74) is 2.06. The lowest BCUT2D eigenvalue weighted by Crippen LogP contribution is -2.31. The molecule has 0 aliphatic heterocycles. The fourth-order valence-corrected chi connectivity index (χ4v) is 4.11. The SMILES string of the molecule is COc1cccc(OC)c1-c1cc(C(=O)O)nn1-c1ccc(C(=O)NCCN(C)C)c2ccccc12. The number of nitrogens with zero attached hydrogens (tertiary/aromatic N) is 3. The summed E-state index contributed by atoms with van der Waals surface area (Å²) in [5, 5.41) is 18.5. The Hall–Kier alpha value is -4.37. The zero-order chi connectivity index (χ0) is 25.8. The van der Waals surface area contributed by atoms with E-state index in [0.29, 0.717) is 40.6 Å². The maximum absolute atomic E-state index is 13.0. The predicted molar refractivity (Wildman–Crippen MR) is 137 cm³/mol. The number of fused-ring (bicyclic) bond motifs is 1. The van der Waals surface area contributed by atoms with Crippen molar-refractivity contribution in [3.8, 4) is 28.4 Å². The largest absolute Gasteiger partial charge is 0.496 e. The third-order valence-corrected chi connectivity index (χ3v) is 5.83. The fraction of sp³-hybridized carbons (Fsp3) is 0.222. The van der Waals surface area contributed by atoms with Crippen LogP contribution in [0.1, 0.15) is 20.8 Å². The monoisotopic (exact) mass is 488 g/mol. The van der Waals surface area contributed by atoms with Gasteiger partial charge < -0.3 is 24.8 Å². The quantitative estimate of drug-likeness (QED) is 0.370. The van der Waals surface area contributed by atoms with Gasteiger partial charge in [-0.2, -0.15) is 5.10 Å². The van der Waals surface area contributed by atoms with Crippen molar-refractivity contribution in [2.24, 2.45) is 0 Å². The van der Waals surface area contributed by atoms with Gasteiger partial charge in [0.05, 0.1) is 31.2 Å². The molecule has 4 rings (SSSR count). The summed E-state index contributed by atoms with van der Waals surface area (Å²) in [6.07, 6.45) is 0. The molecular formula is C27H28N4O5. The third kappa shape index (κ3) is 4.73. The minimum atomic E-state index is -1.16. The molecule has 9 heteroatoms. The predicted octanol–water partition coefficient (Wildman–Crippen LogP) is 3.70. The lowest BCUT2D eigenvalue weighted by atomic mass is 10.0. The van der Waals surface area contributed by atoms with E-state index in [-0.39, 0.29) is 11.6 Å².